The molecule has 25 heavy (non-hydrogen) atoms. The Bertz CT molecular complexity index is 780. The van der Waals surface area contributed by atoms with Crippen LogP contribution < -0.4 is 10.6 Å². The van der Waals surface area contributed by atoms with Crippen LogP contribution in [0.1, 0.15) is 17.0 Å². The van der Waals surface area contributed by atoms with Crippen molar-refractivity contribution in [2.24, 2.45) is 0 Å². The van der Waals surface area contributed by atoms with Crippen LogP contribution in [0.25, 0.3) is 0 Å². The van der Waals surface area contributed by atoms with Gasteiger partial charge in [-0.05, 0) is 25.0 Å². The molecule has 6 nitrogen and oxygen atoms in total. The molecule has 1 aliphatic rings. The first kappa shape index (κ1) is 17.5. The van der Waals surface area contributed by atoms with Crippen LogP contribution >= 0.6 is 11.8 Å². The number of nitrogens with zero attached hydrogens (tertiary/aromatic N) is 1. The number of rotatable bonds is 5. The summed E-state index contributed by atoms with van der Waals surface area (Å²) in [7, 11) is 0. The van der Waals surface area contributed by atoms with E-state index in [4.69, 9.17) is 4.52 Å². The maximum absolute atomic E-state index is 13.7. The molecular weight excluding hydrogens is 345 g/mol. The Morgan fingerprint density at radius 1 is 1.48 bits per heavy atom. The maximum atomic E-state index is 13.7. The van der Waals surface area contributed by atoms with Crippen molar-refractivity contribution < 1.29 is 18.5 Å². The minimum atomic E-state index is -0.613. The van der Waals surface area contributed by atoms with Crippen molar-refractivity contribution in [3.8, 4) is 0 Å². The SMILES string of the molecule is Cc1cc(CNC(=O)[C@H]2CS[C@H](Cc3ccccc3F)C(=O)N2)on1. The van der Waals surface area contributed by atoms with Gasteiger partial charge in [0.2, 0.25) is 11.8 Å². The molecule has 1 fully saturated rings. The Kier molecular flexibility index (Phi) is 5.37. The summed E-state index contributed by atoms with van der Waals surface area (Å²) in [6.45, 7) is 2.01. The Balaban J connectivity index is 1.51. The molecule has 2 heterocycles. The van der Waals surface area contributed by atoms with Gasteiger partial charge in [-0.1, -0.05) is 23.4 Å². The highest BCUT2D eigenvalue weighted by Crippen LogP contribution is 2.23. The molecule has 2 atom stereocenters. The number of benzene rings is 1. The van der Waals surface area contributed by atoms with Crippen molar-refractivity contribution in [2.75, 3.05) is 5.75 Å². The third kappa shape index (κ3) is 4.39. The average molecular weight is 363 g/mol. The predicted octanol–water partition coefficient (Wildman–Crippen LogP) is 1.58. The summed E-state index contributed by atoms with van der Waals surface area (Å²) >= 11 is 1.36. The minimum Gasteiger partial charge on any atom is -0.359 e. The van der Waals surface area contributed by atoms with E-state index in [2.05, 4.69) is 15.8 Å². The van der Waals surface area contributed by atoms with Gasteiger partial charge in [0, 0.05) is 11.8 Å². The molecule has 0 spiro atoms. The normalized spacial score (nSPS) is 20.2. The molecule has 2 aromatic rings. The van der Waals surface area contributed by atoms with E-state index in [1.807, 2.05) is 0 Å². The zero-order valence-corrected chi connectivity index (χ0v) is 14.4. The summed E-state index contributed by atoms with van der Waals surface area (Å²) in [5.41, 5.74) is 1.24. The predicted molar refractivity (Wildman–Crippen MR) is 91.4 cm³/mol. The van der Waals surface area contributed by atoms with E-state index in [0.29, 0.717) is 23.5 Å². The number of halogens is 1. The fourth-order valence-electron chi connectivity index (χ4n) is 2.55. The molecule has 1 aliphatic heterocycles. The quantitative estimate of drug-likeness (QED) is 0.843. The number of aromatic nitrogens is 1. The molecule has 1 saturated heterocycles. The number of hydrogen-bond donors (Lipinski definition) is 2. The van der Waals surface area contributed by atoms with Crippen LogP contribution in [0.2, 0.25) is 0 Å². The Morgan fingerprint density at radius 3 is 2.96 bits per heavy atom. The van der Waals surface area contributed by atoms with E-state index in [1.54, 1.807) is 31.2 Å². The lowest BCUT2D eigenvalue weighted by molar-refractivity contribution is -0.128. The highest BCUT2D eigenvalue weighted by atomic mass is 32.2. The van der Waals surface area contributed by atoms with E-state index in [1.165, 1.54) is 17.8 Å². The fourth-order valence-corrected chi connectivity index (χ4v) is 3.72. The van der Waals surface area contributed by atoms with Crippen LogP contribution in [0.5, 0.6) is 0 Å². The van der Waals surface area contributed by atoms with E-state index in [-0.39, 0.29) is 24.2 Å². The second-order valence-electron chi connectivity index (χ2n) is 5.83. The summed E-state index contributed by atoms with van der Waals surface area (Å²) in [6, 6.07) is 7.52. The van der Waals surface area contributed by atoms with Crippen molar-refractivity contribution in [2.45, 2.75) is 31.2 Å². The molecule has 0 radical (unpaired) electrons. The third-order valence-electron chi connectivity index (χ3n) is 3.87. The number of carbonyl (C=O) groups excluding carboxylic acids is 2. The lowest BCUT2D eigenvalue weighted by Crippen LogP contribution is -2.54. The van der Waals surface area contributed by atoms with Crippen molar-refractivity contribution in [3.05, 3.63) is 53.2 Å². The van der Waals surface area contributed by atoms with E-state index in [0.717, 1.165) is 5.69 Å². The molecule has 0 unspecified atom stereocenters. The number of nitrogens with one attached hydrogen (secondary N) is 2. The average Bonchev–Trinajstić information content (AvgIpc) is 3.02. The van der Waals surface area contributed by atoms with Gasteiger partial charge < -0.3 is 15.2 Å². The van der Waals surface area contributed by atoms with Gasteiger partial charge in [0.05, 0.1) is 17.5 Å². The topological polar surface area (TPSA) is 84.2 Å². The third-order valence-corrected chi connectivity index (χ3v) is 5.18. The standard InChI is InChI=1S/C17H18FN3O3S/c1-10-6-12(24-21-10)8-19-16(22)14-9-25-15(17(23)20-14)7-11-4-2-3-5-13(11)18/h2-6,14-15H,7-9H2,1H3,(H,19,22)(H,20,23)/t14-,15-/m1/s1. The van der Waals surface area contributed by atoms with Gasteiger partial charge >= 0.3 is 0 Å². The summed E-state index contributed by atoms with van der Waals surface area (Å²) < 4.78 is 18.7. The molecule has 0 saturated carbocycles. The van der Waals surface area contributed by atoms with Crippen molar-refractivity contribution >= 4 is 23.6 Å². The van der Waals surface area contributed by atoms with Crippen LogP contribution in [-0.2, 0) is 22.6 Å². The lowest BCUT2D eigenvalue weighted by Gasteiger charge is -2.28. The molecular formula is C17H18FN3O3S. The summed E-state index contributed by atoms with van der Waals surface area (Å²) in [5.74, 6) is 0.136. The number of hydrogen-bond acceptors (Lipinski definition) is 5. The van der Waals surface area contributed by atoms with E-state index >= 15 is 0 Å². The first-order chi connectivity index (χ1) is 12.0. The first-order valence-corrected chi connectivity index (χ1v) is 8.93. The molecule has 2 N–H and O–H groups in total. The molecule has 132 valence electrons. The van der Waals surface area contributed by atoms with Crippen LogP contribution in [0.4, 0.5) is 4.39 Å². The molecule has 0 aliphatic carbocycles. The second kappa shape index (κ2) is 7.69. The van der Waals surface area contributed by atoms with Gasteiger partial charge in [-0.15, -0.1) is 11.8 Å². The summed E-state index contributed by atoms with van der Waals surface area (Å²) in [5, 5.41) is 8.76. The van der Waals surface area contributed by atoms with Crippen LogP contribution in [0, 0.1) is 12.7 Å². The van der Waals surface area contributed by atoms with Crippen molar-refractivity contribution in [1.82, 2.24) is 15.8 Å². The highest BCUT2D eigenvalue weighted by molar-refractivity contribution is 8.00. The Morgan fingerprint density at radius 2 is 2.28 bits per heavy atom. The van der Waals surface area contributed by atoms with Gasteiger partial charge in [0.1, 0.15) is 11.9 Å². The first-order valence-electron chi connectivity index (χ1n) is 7.88. The number of aryl methyl sites for hydroxylation is 1. The lowest BCUT2D eigenvalue weighted by atomic mass is 10.1. The van der Waals surface area contributed by atoms with E-state index in [9.17, 15) is 14.0 Å². The minimum absolute atomic E-state index is 0.218. The highest BCUT2D eigenvalue weighted by Gasteiger charge is 2.32. The summed E-state index contributed by atoms with van der Waals surface area (Å²) in [6.07, 6.45) is 0.300. The zero-order chi connectivity index (χ0) is 17.8. The van der Waals surface area contributed by atoms with Gasteiger partial charge in [-0.3, -0.25) is 9.59 Å². The number of carbonyl (C=O) groups is 2. The molecule has 1 aromatic heterocycles. The Hall–Kier alpha value is -2.35. The molecule has 1 aromatic carbocycles. The molecule has 0 bridgehead atoms. The molecule has 8 heteroatoms. The van der Waals surface area contributed by atoms with Crippen molar-refractivity contribution in [3.63, 3.8) is 0 Å². The van der Waals surface area contributed by atoms with Crippen LogP contribution in [0.3, 0.4) is 0 Å². The van der Waals surface area contributed by atoms with Gasteiger partial charge in [-0.25, -0.2) is 4.39 Å². The van der Waals surface area contributed by atoms with Gasteiger partial charge in [0.25, 0.3) is 0 Å². The van der Waals surface area contributed by atoms with Gasteiger partial charge in [0.15, 0.2) is 5.76 Å². The van der Waals surface area contributed by atoms with E-state index < -0.39 is 11.3 Å². The Labute approximate surface area is 148 Å². The smallest absolute Gasteiger partial charge is 0.243 e. The largest absolute Gasteiger partial charge is 0.359 e. The zero-order valence-electron chi connectivity index (χ0n) is 13.6. The van der Waals surface area contributed by atoms with Crippen molar-refractivity contribution in [1.29, 1.82) is 0 Å². The fraction of sp³-hybridized carbons (Fsp3) is 0.353. The maximum Gasteiger partial charge on any atom is 0.243 e. The second-order valence-corrected chi connectivity index (χ2v) is 7.07. The molecule has 2 amide bonds. The monoisotopic (exact) mass is 363 g/mol. The number of amides is 2. The molecule has 3 rings (SSSR count). The number of thioether (sulfide) groups is 1. The van der Waals surface area contributed by atoms with Gasteiger partial charge in [-0.2, -0.15) is 0 Å². The van der Waals surface area contributed by atoms with Crippen LogP contribution in [-0.4, -0.2) is 34.0 Å². The van der Waals surface area contributed by atoms with Crippen LogP contribution in [0.15, 0.2) is 34.9 Å². The summed E-state index contributed by atoms with van der Waals surface area (Å²) in [4.78, 5) is 24.4.